The molecule has 2 fully saturated rings. The maximum atomic E-state index is 12.7. The van der Waals surface area contributed by atoms with E-state index < -0.39 is 0 Å². The molecule has 1 saturated heterocycles. The SMILES string of the molecule is CO[C@@]12CC[C@H](OCCO)C[C@@H]1N(C(=O)Cc1ccsc1)CC2. The van der Waals surface area contributed by atoms with E-state index in [0.29, 0.717) is 13.0 Å². The second-order valence-corrected chi connectivity index (χ2v) is 7.20. The van der Waals surface area contributed by atoms with Crippen LogP contribution in [0.5, 0.6) is 0 Å². The van der Waals surface area contributed by atoms with Crippen LogP contribution in [-0.4, -0.2) is 60.5 Å². The first-order chi connectivity index (χ1) is 11.2. The van der Waals surface area contributed by atoms with E-state index in [0.717, 1.165) is 37.8 Å². The van der Waals surface area contributed by atoms with E-state index in [1.165, 1.54) is 0 Å². The van der Waals surface area contributed by atoms with Crippen LogP contribution in [0.15, 0.2) is 16.8 Å². The summed E-state index contributed by atoms with van der Waals surface area (Å²) in [6, 6.07) is 2.09. The Morgan fingerprint density at radius 3 is 3.09 bits per heavy atom. The predicted octanol–water partition coefficient (Wildman–Crippen LogP) is 1.84. The molecule has 0 radical (unpaired) electrons. The molecule has 128 valence electrons. The number of carbonyl (C=O) groups excluding carboxylic acids is 1. The highest BCUT2D eigenvalue weighted by Gasteiger charge is 2.52. The highest BCUT2D eigenvalue weighted by molar-refractivity contribution is 7.07. The number of nitrogens with zero attached hydrogens (tertiary/aromatic N) is 1. The van der Waals surface area contributed by atoms with Crippen molar-refractivity contribution in [1.29, 1.82) is 0 Å². The van der Waals surface area contributed by atoms with Crippen molar-refractivity contribution in [1.82, 2.24) is 4.90 Å². The molecule has 0 bridgehead atoms. The number of methoxy groups -OCH3 is 1. The zero-order valence-corrected chi connectivity index (χ0v) is 14.4. The second kappa shape index (κ2) is 7.30. The van der Waals surface area contributed by atoms with Gasteiger partial charge in [-0.05, 0) is 48.1 Å². The van der Waals surface area contributed by atoms with Crippen LogP contribution in [0.4, 0.5) is 0 Å². The number of thiophene rings is 1. The van der Waals surface area contributed by atoms with Gasteiger partial charge in [0, 0.05) is 13.7 Å². The molecule has 1 aliphatic carbocycles. The van der Waals surface area contributed by atoms with Crippen molar-refractivity contribution < 1.29 is 19.4 Å². The molecule has 0 unspecified atom stereocenters. The molecule has 1 aliphatic heterocycles. The quantitative estimate of drug-likeness (QED) is 0.859. The van der Waals surface area contributed by atoms with Crippen molar-refractivity contribution in [3.05, 3.63) is 22.4 Å². The lowest BCUT2D eigenvalue weighted by atomic mass is 9.79. The third-order valence-corrected chi connectivity index (χ3v) is 5.97. The first kappa shape index (κ1) is 16.9. The van der Waals surface area contributed by atoms with Crippen molar-refractivity contribution in [2.24, 2.45) is 0 Å². The van der Waals surface area contributed by atoms with E-state index in [2.05, 4.69) is 0 Å². The minimum atomic E-state index is -0.219. The summed E-state index contributed by atoms with van der Waals surface area (Å²) >= 11 is 1.62. The Bertz CT molecular complexity index is 521. The van der Waals surface area contributed by atoms with Gasteiger partial charge >= 0.3 is 0 Å². The third-order valence-electron chi connectivity index (χ3n) is 5.24. The molecule has 1 amide bonds. The number of carbonyl (C=O) groups is 1. The number of ether oxygens (including phenoxy) is 2. The van der Waals surface area contributed by atoms with Gasteiger partial charge in [0.1, 0.15) is 0 Å². The molecule has 5 nitrogen and oxygen atoms in total. The van der Waals surface area contributed by atoms with Crippen molar-refractivity contribution in [2.45, 2.75) is 49.9 Å². The molecule has 0 spiro atoms. The average molecular weight is 339 g/mol. The van der Waals surface area contributed by atoms with Gasteiger partial charge in [-0.1, -0.05) is 0 Å². The van der Waals surface area contributed by atoms with Gasteiger partial charge in [0.25, 0.3) is 0 Å². The highest BCUT2D eigenvalue weighted by Crippen LogP contribution is 2.43. The number of aliphatic hydroxyl groups excluding tert-OH is 1. The van der Waals surface area contributed by atoms with Gasteiger partial charge < -0.3 is 19.5 Å². The minimum Gasteiger partial charge on any atom is -0.394 e. The highest BCUT2D eigenvalue weighted by atomic mass is 32.1. The molecule has 2 aliphatic rings. The van der Waals surface area contributed by atoms with Crippen LogP contribution in [0.2, 0.25) is 0 Å². The molecule has 0 aromatic carbocycles. The van der Waals surface area contributed by atoms with Crippen molar-refractivity contribution in [3.8, 4) is 0 Å². The number of hydrogen-bond donors (Lipinski definition) is 1. The summed E-state index contributed by atoms with van der Waals surface area (Å²) in [6.07, 6.45) is 4.09. The van der Waals surface area contributed by atoms with E-state index in [4.69, 9.17) is 14.6 Å². The monoisotopic (exact) mass is 339 g/mol. The maximum absolute atomic E-state index is 12.7. The fourth-order valence-electron chi connectivity index (χ4n) is 4.00. The van der Waals surface area contributed by atoms with Gasteiger partial charge in [0.05, 0.1) is 37.4 Å². The second-order valence-electron chi connectivity index (χ2n) is 6.42. The molecule has 23 heavy (non-hydrogen) atoms. The molecule has 1 aromatic heterocycles. The maximum Gasteiger partial charge on any atom is 0.227 e. The number of likely N-dealkylation sites (tertiary alicyclic amines) is 1. The molecule has 1 saturated carbocycles. The Balaban J connectivity index is 1.69. The van der Waals surface area contributed by atoms with Crippen LogP contribution in [0.25, 0.3) is 0 Å². The number of rotatable bonds is 6. The van der Waals surface area contributed by atoms with Gasteiger partial charge in [-0.15, -0.1) is 0 Å². The van der Waals surface area contributed by atoms with Crippen LogP contribution in [-0.2, 0) is 20.7 Å². The number of amides is 1. The smallest absolute Gasteiger partial charge is 0.227 e. The predicted molar refractivity (Wildman–Crippen MR) is 88.6 cm³/mol. The Kier molecular flexibility index (Phi) is 5.36. The summed E-state index contributed by atoms with van der Waals surface area (Å²) < 4.78 is 11.6. The molecule has 3 atom stereocenters. The minimum absolute atomic E-state index is 0.0391. The fraction of sp³-hybridized carbons (Fsp3) is 0.706. The average Bonchev–Trinajstić information content (AvgIpc) is 3.20. The van der Waals surface area contributed by atoms with Crippen LogP contribution in [0, 0.1) is 0 Å². The van der Waals surface area contributed by atoms with Crippen molar-refractivity contribution in [2.75, 3.05) is 26.9 Å². The van der Waals surface area contributed by atoms with Gasteiger partial charge in [-0.25, -0.2) is 0 Å². The van der Waals surface area contributed by atoms with E-state index in [1.54, 1.807) is 18.4 Å². The Hall–Kier alpha value is -0.950. The normalized spacial score (nSPS) is 30.4. The lowest BCUT2D eigenvalue weighted by Gasteiger charge is -2.43. The van der Waals surface area contributed by atoms with Gasteiger partial charge in [0.2, 0.25) is 5.91 Å². The van der Waals surface area contributed by atoms with E-state index >= 15 is 0 Å². The molecule has 2 heterocycles. The topological polar surface area (TPSA) is 59.0 Å². The molecular weight excluding hydrogens is 314 g/mol. The Labute approximate surface area is 141 Å². The summed E-state index contributed by atoms with van der Waals surface area (Å²) in [5.41, 5.74) is 0.863. The van der Waals surface area contributed by atoms with Gasteiger partial charge in [-0.3, -0.25) is 4.79 Å². The van der Waals surface area contributed by atoms with E-state index in [1.807, 2.05) is 21.7 Å². The molecule has 1 aromatic rings. The largest absolute Gasteiger partial charge is 0.394 e. The fourth-order valence-corrected chi connectivity index (χ4v) is 4.67. The summed E-state index contributed by atoms with van der Waals surface area (Å²) in [7, 11) is 1.76. The number of fused-ring (bicyclic) bond motifs is 1. The van der Waals surface area contributed by atoms with Crippen LogP contribution in [0.3, 0.4) is 0 Å². The molecule has 3 rings (SSSR count). The summed E-state index contributed by atoms with van der Waals surface area (Å²) in [6.45, 7) is 1.16. The van der Waals surface area contributed by atoms with Crippen LogP contribution < -0.4 is 0 Å². The van der Waals surface area contributed by atoms with Crippen LogP contribution in [0.1, 0.15) is 31.2 Å². The lowest BCUT2D eigenvalue weighted by Crippen LogP contribution is -2.53. The molecule has 1 N–H and O–H groups in total. The van der Waals surface area contributed by atoms with Gasteiger partial charge in [0.15, 0.2) is 0 Å². The Morgan fingerprint density at radius 1 is 1.52 bits per heavy atom. The van der Waals surface area contributed by atoms with Crippen LogP contribution >= 0.6 is 11.3 Å². The Morgan fingerprint density at radius 2 is 2.39 bits per heavy atom. The number of hydrogen-bond acceptors (Lipinski definition) is 5. The first-order valence-electron chi connectivity index (χ1n) is 8.26. The van der Waals surface area contributed by atoms with E-state index in [9.17, 15) is 4.79 Å². The standard InChI is InChI=1S/C17H25NO4S/c1-21-17-4-2-14(22-8-7-19)11-15(17)18(6-5-17)16(20)10-13-3-9-23-12-13/h3,9,12,14-15,19H,2,4-8,10-11H2,1H3/t14-,15-,17+/m0/s1. The summed E-state index contributed by atoms with van der Waals surface area (Å²) in [5.74, 6) is 0.176. The zero-order chi connectivity index (χ0) is 16.3. The van der Waals surface area contributed by atoms with E-state index in [-0.39, 0.29) is 30.3 Å². The van der Waals surface area contributed by atoms with Crippen molar-refractivity contribution in [3.63, 3.8) is 0 Å². The van der Waals surface area contributed by atoms with Gasteiger partial charge in [-0.2, -0.15) is 11.3 Å². The summed E-state index contributed by atoms with van der Waals surface area (Å²) in [5, 5.41) is 13.0. The summed E-state index contributed by atoms with van der Waals surface area (Å²) in [4.78, 5) is 14.7. The lowest BCUT2D eigenvalue weighted by molar-refractivity contribution is -0.141. The molecule has 6 heteroatoms. The zero-order valence-electron chi connectivity index (χ0n) is 13.6. The first-order valence-corrected chi connectivity index (χ1v) is 9.21. The third kappa shape index (κ3) is 3.45. The van der Waals surface area contributed by atoms with Crippen molar-refractivity contribution >= 4 is 17.2 Å². The molecular formula is C17H25NO4S. The number of aliphatic hydroxyl groups is 1.